The van der Waals surface area contributed by atoms with Gasteiger partial charge in [0.05, 0.1) is 19.1 Å². The molecule has 1 aliphatic heterocycles. The van der Waals surface area contributed by atoms with Crippen molar-refractivity contribution in [3.63, 3.8) is 0 Å². The van der Waals surface area contributed by atoms with Crippen molar-refractivity contribution in [1.29, 1.82) is 0 Å². The minimum atomic E-state index is 0.659. The lowest BCUT2D eigenvalue weighted by Gasteiger charge is -2.22. The Balaban J connectivity index is 1.79. The fraction of sp³-hybridized carbons (Fsp3) is 0.643. The van der Waals surface area contributed by atoms with Crippen molar-refractivity contribution in [3.8, 4) is 0 Å². The first-order valence-electron chi connectivity index (χ1n) is 6.99. The van der Waals surface area contributed by atoms with Gasteiger partial charge < -0.3 is 15.1 Å². The van der Waals surface area contributed by atoms with Gasteiger partial charge in [-0.1, -0.05) is 0 Å². The third-order valence-electron chi connectivity index (χ3n) is 3.24. The molecule has 2 N–H and O–H groups in total. The van der Waals surface area contributed by atoms with Crippen molar-refractivity contribution >= 4 is 17.7 Å². The predicted molar refractivity (Wildman–Crippen MR) is 81.6 cm³/mol. The largest absolute Gasteiger partial charge is 0.472 e. The highest BCUT2D eigenvalue weighted by Gasteiger charge is 2.13. The Morgan fingerprint density at radius 1 is 1.42 bits per heavy atom. The molecule has 0 bridgehead atoms. The van der Waals surface area contributed by atoms with Gasteiger partial charge in [0.15, 0.2) is 5.96 Å². The van der Waals surface area contributed by atoms with Crippen molar-refractivity contribution in [3.05, 3.63) is 24.2 Å². The van der Waals surface area contributed by atoms with Crippen LogP contribution in [0.5, 0.6) is 0 Å². The SMILES string of the molecule is CCNC(=NCc1ccoc1)NCC1CCSCC1. The van der Waals surface area contributed by atoms with Gasteiger partial charge in [-0.15, -0.1) is 0 Å². The quantitative estimate of drug-likeness (QED) is 0.643. The van der Waals surface area contributed by atoms with Crippen LogP contribution in [0.1, 0.15) is 25.3 Å². The molecule has 106 valence electrons. The van der Waals surface area contributed by atoms with Gasteiger partial charge in [-0.25, -0.2) is 4.99 Å². The van der Waals surface area contributed by atoms with Crippen LogP contribution >= 0.6 is 11.8 Å². The molecule has 1 fully saturated rings. The molecule has 1 aromatic rings. The van der Waals surface area contributed by atoms with E-state index in [0.29, 0.717) is 6.54 Å². The molecule has 2 rings (SSSR count). The molecule has 1 saturated heterocycles. The maximum atomic E-state index is 5.05. The highest BCUT2D eigenvalue weighted by atomic mass is 32.2. The molecule has 0 aliphatic carbocycles. The molecule has 0 atom stereocenters. The van der Waals surface area contributed by atoms with Crippen LogP contribution < -0.4 is 10.6 Å². The Bertz CT molecular complexity index is 372. The van der Waals surface area contributed by atoms with Crippen LogP contribution in [0, 0.1) is 5.92 Å². The third kappa shape index (κ3) is 5.19. The summed E-state index contributed by atoms with van der Waals surface area (Å²) in [5.74, 6) is 4.30. The monoisotopic (exact) mass is 281 g/mol. The lowest BCUT2D eigenvalue weighted by atomic mass is 10.0. The topological polar surface area (TPSA) is 49.6 Å². The van der Waals surface area contributed by atoms with Crippen LogP contribution in [0.25, 0.3) is 0 Å². The number of rotatable bonds is 5. The van der Waals surface area contributed by atoms with Crippen molar-refractivity contribution < 1.29 is 4.42 Å². The summed E-state index contributed by atoms with van der Waals surface area (Å²) in [6.07, 6.45) is 6.06. The Morgan fingerprint density at radius 2 is 2.26 bits per heavy atom. The first-order valence-corrected chi connectivity index (χ1v) is 8.15. The molecule has 0 radical (unpaired) electrons. The van der Waals surface area contributed by atoms with Crippen LogP contribution in [0.3, 0.4) is 0 Å². The molecule has 2 heterocycles. The van der Waals surface area contributed by atoms with Crippen molar-refractivity contribution in [2.24, 2.45) is 10.9 Å². The summed E-state index contributed by atoms with van der Waals surface area (Å²) in [6, 6.07) is 1.95. The number of nitrogens with one attached hydrogen (secondary N) is 2. The third-order valence-corrected chi connectivity index (χ3v) is 4.29. The first kappa shape index (κ1) is 14.3. The van der Waals surface area contributed by atoms with Gasteiger partial charge in [-0.05, 0) is 43.3 Å². The standard InChI is InChI=1S/C14H23N3OS/c1-2-15-14(17-10-13-3-6-18-11-13)16-9-12-4-7-19-8-5-12/h3,6,11-12H,2,4-5,7-10H2,1H3,(H2,15,16,17). The van der Waals surface area contributed by atoms with Gasteiger partial charge in [0.2, 0.25) is 0 Å². The molecule has 0 amide bonds. The molecule has 1 aromatic heterocycles. The van der Waals surface area contributed by atoms with Crippen molar-refractivity contribution in [2.75, 3.05) is 24.6 Å². The summed E-state index contributed by atoms with van der Waals surface area (Å²) < 4.78 is 5.05. The van der Waals surface area contributed by atoms with Crippen LogP contribution in [0.2, 0.25) is 0 Å². The van der Waals surface area contributed by atoms with Gasteiger partial charge in [0.25, 0.3) is 0 Å². The van der Waals surface area contributed by atoms with E-state index in [9.17, 15) is 0 Å². The van der Waals surface area contributed by atoms with Crippen LogP contribution in [0.15, 0.2) is 28.0 Å². The van der Waals surface area contributed by atoms with Crippen LogP contribution in [-0.2, 0) is 6.54 Å². The number of furan rings is 1. The van der Waals surface area contributed by atoms with E-state index in [2.05, 4.69) is 34.3 Å². The smallest absolute Gasteiger partial charge is 0.191 e. The van der Waals surface area contributed by atoms with Gasteiger partial charge in [0, 0.05) is 18.7 Å². The minimum Gasteiger partial charge on any atom is -0.472 e. The van der Waals surface area contributed by atoms with Crippen LogP contribution in [-0.4, -0.2) is 30.6 Å². The van der Waals surface area contributed by atoms with Crippen LogP contribution in [0.4, 0.5) is 0 Å². The summed E-state index contributed by atoms with van der Waals surface area (Å²) in [4.78, 5) is 4.57. The summed E-state index contributed by atoms with van der Waals surface area (Å²) >= 11 is 2.07. The molecule has 0 unspecified atom stereocenters. The highest BCUT2D eigenvalue weighted by Crippen LogP contribution is 2.21. The van der Waals surface area contributed by atoms with Gasteiger partial charge in [0.1, 0.15) is 0 Å². The molecular weight excluding hydrogens is 258 g/mol. The second-order valence-corrected chi connectivity index (χ2v) is 5.99. The average molecular weight is 281 g/mol. The van der Waals surface area contributed by atoms with E-state index in [4.69, 9.17) is 4.42 Å². The highest BCUT2D eigenvalue weighted by molar-refractivity contribution is 7.99. The van der Waals surface area contributed by atoms with Gasteiger partial charge in [-0.2, -0.15) is 11.8 Å². The number of hydrogen-bond donors (Lipinski definition) is 2. The molecule has 0 aromatic carbocycles. The molecule has 5 heteroatoms. The van der Waals surface area contributed by atoms with Gasteiger partial charge in [-0.3, -0.25) is 0 Å². The van der Waals surface area contributed by atoms with E-state index in [1.54, 1.807) is 12.5 Å². The number of aliphatic imine (C=N–C) groups is 1. The van der Waals surface area contributed by atoms with Crippen molar-refractivity contribution in [2.45, 2.75) is 26.3 Å². The first-order chi connectivity index (χ1) is 9.38. The zero-order chi connectivity index (χ0) is 13.3. The number of thioether (sulfide) groups is 1. The zero-order valence-corrected chi connectivity index (χ0v) is 12.3. The summed E-state index contributed by atoms with van der Waals surface area (Å²) in [5, 5.41) is 6.74. The maximum Gasteiger partial charge on any atom is 0.191 e. The van der Waals surface area contributed by atoms with E-state index in [-0.39, 0.29) is 0 Å². The maximum absolute atomic E-state index is 5.05. The number of nitrogens with zero attached hydrogens (tertiary/aromatic N) is 1. The molecule has 1 aliphatic rings. The minimum absolute atomic E-state index is 0.659. The van der Waals surface area contributed by atoms with Crippen molar-refractivity contribution in [1.82, 2.24) is 10.6 Å². The lowest BCUT2D eigenvalue weighted by molar-refractivity contribution is 0.479. The van der Waals surface area contributed by atoms with E-state index in [1.807, 2.05) is 6.07 Å². The molecule has 4 nitrogen and oxygen atoms in total. The molecule has 0 spiro atoms. The Kier molecular flexibility index (Phi) is 6.14. The summed E-state index contributed by atoms with van der Waals surface area (Å²) in [6.45, 7) is 4.66. The second kappa shape index (κ2) is 8.15. The summed E-state index contributed by atoms with van der Waals surface area (Å²) in [7, 11) is 0. The Hall–Kier alpha value is -1.10. The Labute approximate surface area is 119 Å². The molecular formula is C14H23N3OS. The lowest BCUT2D eigenvalue weighted by Crippen LogP contribution is -2.40. The summed E-state index contributed by atoms with van der Waals surface area (Å²) in [5.41, 5.74) is 1.10. The van der Waals surface area contributed by atoms with E-state index in [1.165, 1.54) is 24.3 Å². The predicted octanol–water partition coefficient (Wildman–Crippen LogP) is 2.48. The molecule has 0 saturated carbocycles. The number of guanidine groups is 1. The van der Waals surface area contributed by atoms with E-state index >= 15 is 0 Å². The fourth-order valence-electron chi connectivity index (χ4n) is 2.09. The van der Waals surface area contributed by atoms with E-state index in [0.717, 1.165) is 30.5 Å². The average Bonchev–Trinajstić information content (AvgIpc) is 2.96. The van der Waals surface area contributed by atoms with E-state index < -0.39 is 0 Å². The normalized spacial score (nSPS) is 17.4. The Morgan fingerprint density at radius 3 is 2.95 bits per heavy atom. The molecule has 19 heavy (non-hydrogen) atoms. The fourth-order valence-corrected chi connectivity index (χ4v) is 3.29. The zero-order valence-electron chi connectivity index (χ0n) is 11.5. The van der Waals surface area contributed by atoms with Gasteiger partial charge >= 0.3 is 0 Å². The number of hydrogen-bond acceptors (Lipinski definition) is 3. The second-order valence-electron chi connectivity index (χ2n) is 4.76.